The second-order valence-corrected chi connectivity index (χ2v) is 9.20. The molecule has 0 aromatic rings. The Morgan fingerprint density at radius 1 is 1.17 bits per heavy atom. The molecule has 0 unspecified atom stereocenters. The van der Waals surface area contributed by atoms with Crippen LogP contribution in [0.5, 0.6) is 0 Å². The number of carbonyl (C=O) groups excluding carboxylic acids is 2. The highest BCUT2D eigenvalue weighted by Gasteiger charge is 2.67. The van der Waals surface area contributed by atoms with Crippen LogP contribution < -0.4 is 0 Å². The van der Waals surface area contributed by atoms with Crippen molar-refractivity contribution in [3.63, 3.8) is 0 Å². The number of aliphatic hydroxyl groups excluding tert-OH is 1. The SMILES string of the molecule is C=C1C[C@@]23CC[C@H]4[C@@](C)(CCC(=O)[C@]4(C)CO)[C@@H]2C[C@@H]1CC3=O. The second-order valence-electron chi connectivity index (χ2n) is 9.20. The fraction of sp³-hybridized carbons (Fsp3) is 0.800. The molecule has 5 fully saturated rings. The minimum Gasteiger partial charge on any atom is -0.395 e. The van der Waals surface area contributed by atoms with E-state index < -0.39 is 5.41 Å². The highest BCUT2D eigenvalue weighted by molar-refractivity contribution is 5.89. The minimum atomic E-state index is -0.620. The highest BCUT2D eigenvalue weighted by atomic mass is 16.3. The molecule has 0 heterocycles. The summed E-state index contributed by atoms with van der Waals surface area (Å²) in [6, 6.07) is 0. The lowest BCUT2D eigenvalue weighted by Crippen LogP contribution is -2.64. The van der Waals surface area contributed by atoms with Crippen molar-refractivity contribution >= 4 is 11.6 Å². The maximum Gasteiger partial charge on any atom is 0.141 e. The molecule has 3 heteroatoms. The Bertz CT molecular complexity index is 608. The molecule has 0 amide bonds. The molecule has 6 atom stereocenters. The molecule has 1 N–H and O–H groups in total. The first-order valence-electron chi connectivity index (χ1n) is 9.13. The van der Waals surface area contributed by atoms with Gasteiger partial charge in [0.05, 0.1) is 12.0 Å². The van der Waals surface area contributed by atoms with E-state index in [2.05, 4.69) is 13.5 Å². The van der Waals surface area contributed by atoms with Gasteiger partial charge in [-0.1, -0.05) is 26.0 Å². The number of rotatable bonds is 1. The first-order valence-corrected chi connectivity index (χ1v) is 9.13. The Morgan fingerprint density at radius 2 is 1.91 bits per heavy atom. The number of ketones is 2. The lowest BCUT2D eigenvalue weighted by Gasteiger charge is -2.66. The minimum absolute atomic E-state index is 0.00132. The zero-order chi connectivity index (χ0) is 16.6. The number of allylic oxidation sites excluding steroid dienone is 1. The Balaban J connectivity index is 1.80. The van der Waals surface area contributed by atoms with E-state index in [1.165, 1.54) is 5.57 Å². The van der Waals surface area contributed by atoms with Gasteiger partial charge in [0.25, 0.3) is 0 Å². The summed E-state index contributed by atoms with van der Waals surface area (Å²) in [5.41, 5.74) is 0.442. The molecule has 3 nitrogen and oxygen atoms in total. The van der Waals surface area contributed by atoms with E-state index in [4.69, 9.17) is 0 Å². The number of aliphatic hydroxyl groups is 1. The third kappa shape index (κ3) is 1.70. The van der Waals surface area contributed by atoms with Crippen molar-refractivity contribution in [2.45, 2.75) is 58.8 Å². The van der Waals surface area contributed by atoms with Crippen LogP contribution in [0.3, 0.4) is 0 Å². The second kappa shape index (κ2) is 4.56. The molecule has 5 saturated carbocycles. The van der Waals surface area contributed by atoms with Crippen LogP contribution in [0.4, 0.5) is 0 Å². The molecule has 126 valence electrons. The summed E-state index contributed by atoms with van der Waals surface area (Å²) < 4.78 is 0. The summed E-state index contributed by atoms with van der Waals surface area (Å²) in [7, 11) is 0. The van der Waals surface area contributed by atoms with E-state index in [0.717, 1.165) is 32.1 Å². The molecule has 0 aliphatic heterocycles. The van der Waals surface area contributed by atoms with E-state index in [1.54, 1.807) is 0 Å². The average Bonchev–Trinajstić information content (AvgIpc) is 2.52. The smallest absolute Gasteiger partial charge is 0.141 e. The third-order valence-electron chi connectivity index (χ3n) is 8.39. The maximum absolute atomic E-state index is 12.9. The third-order valence-corrected chi connectivity index (χ3v) is 8.39. The van der Waals surface area contributed by atoms with Crippen LogP contribution in [0.15, 0.2) is 12.2 Å². The summed E-state index contributed by atoms with van der Waals surface area (Å²) in [6.45, 7) is 8.46. The predicted octanol–water partition coefficient (Wildman–Crippen LogP) is 3.31. The Labute approximate surface area is 138 Å². The molecule has 5 aliphatic rings. The fourth-order valence-corrected chi connectivity index (χ4v) is 7.03. The predicted molar refractivity (Wildman–Crippen MR) is 87.7 cm³/mol. The van der Waals surface area contributed by atoms with Crippen molar-refractivity contribution in [1.29, 1.82) is 0 Å². The number of Topliss-reactive ketones (excluding diaryl/α,β-unsaturated/α-hetero) is 2. The number of hydrogen-bond donors (Lipinski definition) is 1. The summed E-state index contributed by atoms with van der Waals surface area (Å²) in [5, 5.41) is 9.99. The molecule has 23 heavy (non-hydrogen) atoms. The molecular weight excluding hydrogens is 288 g/mol. The number of fused-ring (bicyclic) bond motifs is 3. The molecule has 0 aromatic carbocycles. The van der Waals surface area contributed by atoms with Gasteiger partial charge in [0.1, 0.15) is 11.6 Å². The van der Waals surface area contributed by atoms with Crippen molar-refractivity contribution in [2.75, 3.05) is 6.61 Å². The lowest BCUT2D eigenvalue weighted by atomic mass is 9.36. The van der Waals surface area contributed by atoms with Gasteiger partial charge < -0.3 is 5.11 Å². The zero-order valence-corrected chi connectivity index (χ0v) is 14.4. The molecule has 1 spiro atoms. The van der Waals surface area contributed by atoms with Gasteiger partial charge in [-0.05, 0) is 55.3 Å². The van der Waals surface area contributed by atoms with E-state index >= 15 is 0 Å². The van der Waals surface area contributed by atoms with E-state index in [1.807, 2.05) is 6.92 Å². The van der Waals surface area contributed by atoms with Crippen molar-refractivity contribution in [3.05, 3.63) is 12.2 Å². The molecule has 2 bridgehead atoms. The largest absolute Gasteiger partial charge is 0.395 e. The van der Waals surface area contributed by atoms with Crippen LogP contribution in [0.1, 0.15) is 58.8 Å². The quantitative estimate of drug-likeness (QED) is 0.755. The van der Waals surface area contributed by atoms with Crippen LogP contribution in [-0.4, -0.2) is 23.3 Å². The molecule has 0 saturated heterocycles. The van der Waals surface area contributed by atoms with Crippen molar-refractivity contribution < 1.29 is 14.7 Å². The van der Waals surface area contributed by atoms with Gasteiger partial charge >= 0.3 is 0 Å². The Hall–Kier alpha value is -0.960. The average molecular weight is 316 g/mol. The summed E-state index contributed by atoms with van der Waals surface area (Å²) in [5.74, 6) is 1.59. The normalized spacial score (nSPS) is 52.3. The maximum atomic E-state index is 12.9. The van der Waals surface area contributed by atoms with E-state index in [9.17, 15) is 14.7 Å². The van der Waals surface area contributed by atoms with Crippen LogP contribution in [-0.2, 0) is 9.59 Å². The van der Waals surface area contributed by atoms with Gasteiger partial charge in [-0.25, -0.2) is 0 Å². The summed E-state index contributed by atoms with van der Waals surface area (Å²) in [4.78, 5) is 25.4. The van der Waals surface area contributed by atoms with Gasteiger partial charge in [0, 0.05) is 18.3 Å². The first-order chi connectivity index (χ1) is 10.8. The monoisotopic (exact) mass is 316 g/mol. The van der Waals surface area contributed by atoms with E-state index in [0.29, 0.717) is 30.5 Å². The highest BCUT2D eigenvalue weighted by Crippen LogP contribution is 2.70. The molecule has 0 aromatic heterocycles. The lowest BCUT2D eigenvalue weighted by molar-refractivity contribution is -0.187. The summed E-state index contributed by atoms with van der Waals surface area (Å²) in [6.07, 6.45) is 5.82. The number of hydrogen-bond acceptors (Lipinski definition) is 3. The molecule has 5 rings (SSSR count). The zero-order valence-electron chi connectivity index (χ0n) is 14.4. The van der Waals surface area contributed by atoms with Gasteiger partial charge in [-0.3, -0.25) is 9.59 Å². The van der Waals surface area contributed by atoms with Crippen LogP contribution in [0, 0.1) is 34.0 Å². The fourth-order valence-electron chi connectivity index (χ4n) is 7.03. The van der Waals surface area contributed by atoms with Crippen LogP contribution in [0.2, 0.25) is 0 Å². The van der Waals surface area contributed by atoms with Gasteiger partial charge in [0.2, 0.25) is 0 Å². The standard InChI is InChI=1S/C20H28O3/c1-12-10-20-7-4-14-18(2,6-5-16(22)19(14,3)11-21)15(20)8-13(12)9-17(20)23/h13-15,21H,1,4-11H2,2-3H3/t13-,14+,15+,18-,19-,20+/m1/s1. The van der Waals surface area contributed by atoms with Gasteiger partial charge in [-0.15, -0.1) is 0 Å². The molecular formula is C20H28O3. The van der Waals surface area contributed by atoms with Gasteiger partial charge in [0.15, 0.2) is 0 Å². The van der Waals surface area contributed by atoms with Gasteiger partial charge in [-0.2, -0.15) is 0 Å². The molecule has 0 radical (unpaired) electrons. The first kappa shape index (κ1) is 15.6. The topological polar surface area (TPSA) is 54.4 Å². The van der Waals surface area contributed by atoms with Crippen LogP contribution in [0.25, 0.3) is 0 Å². The van der Waals surface area contributed by atoms with Crippen molar-refractivity contribution in [2.24, 2.45) is 34.0 Å². The van der Waals surface area contributed by atoms with Crippen LogP contribution >= 0.6 is 0 Å². The van der Waals surface area contributed by atoms with E-state index in [-0.39, 0.29) is 29.1 Å². The number of carbonyl (C=O) groups is 2. The van der Waals surface area contributed by atoms with Crippen molar-refractivity contribution in [1.82, 2.24) is 0 Å². The molecule has 5 aliphatic carbocycles. The Kier molecular flexibility index (Phi) is 3.09. The Morgan fingerprint density at radius 3 is 2.61 bits per heavy atom. The summed E-state index contributed by atoms with van der Waals surface area (Å²) >= 11 is 0. The van der Waals surface area contributed by atoms with Crippen molar-refractivity contribution in [3.8, 4) is 0 Å².